The SMILES string of the molecule is Cc1nc(C(=O)N2CC(O)C(O)C2)cs1. The van der Waals surface area contributed by atoms with Gasteiger partial charge < -0.3 is 15.1 Å². The van der Waals surface area contributed by atoms with Crippen LogP contribution in [0.15, 0.2) is 5.38 Å². The van der Waals surface area contributed by atoms with Gasteiger partial charge in [0, 0.05) is 18.5 Å². The van der Waals surface area contributed by atoms with Gasteiger partial charge >= 0.3 is 0 Å². The fourth-order valence-electron chi connectivity index (χ4n) is 1.56. The van der Waals surface area contributed by atoms with E-state index in [1.54, 1.807) is 5.38 Å². The highest BCUT2D eigenvalue weighted by Gasteiger charge is 2.33. The second kappa shape index (κ2) is 3.88. The second-order valence-electron chi connectivity index (χ2n) is 3.60. The number of carbonyl (C=O) groups excluding carboxylic acids is 1. The van der Waals surface area contributed by atoms with E-state index in [1.807, 2.05) is 6.92 Å². The standard InChI is InChI=1S/C9H12N2O3S/c1-5-10-6(4-15-5)9(14)11-2-7(12)8(13)3-11/h4,7-8,12-13H,2-3H2,1H3. The van der Waals surface area contributed by atoms with Crippen LogP contribution in [0.2, 0.25) is 0 Å². The van der Waals surface area contributed by atoms with Crippen molar-refractivity contribution in [1.29, 1.82) is 0 Å². The summed E-state index contributed by atoms with van der Waals surface area (Å²) in [5, 5.41) is 21.1. The number of nitrogens with zero attached hydrogens (tertiary/aromatic N) is 2. The Bertz CT molecular complexity index is 369. The van der Waals surface area contributed by atoms with Crippen molar-refractivity contribution in [2.45, 2.75) is 19.1 Å². The third-order valence-electron chi connectivity index (χ3n) is 2.38. The summed E-state index contributed by atoms with van der Waals surface area (Å²) in [5.41, 5.74) is 0.388. The van der Waals surface area contributed by atoms with E-state index in [9.17, 15) is 15.0 Å². The largest absolute Gasteiger partial charge is 0.388 e. The minimum absolute atomic E-state index is 0.177. The van der Waals surface area contributed by atoms with Crippen molar-refractivity contribution in [3.63, 3.8) is 0 Å². The Morgan fingerprint density at radius 2 is 2.13 bits per heavy atom. The molecule has 0 radical (unpaired) electrons. The summed E-state index contributed by atoms with van der Waals surface area (Å²) in [7, 11) is 0. The number of carbonyl (C=O) groups is 1. The molecule has 0 saturated carbocycles. The van der Waals surface area contributed by atoms with Crippen LogP contribution in [0.1, 0.15) is 15.5 Å². The molecule has 1 aliphatic heterocycles. The van der Waals surface area contributed by atoms with E-state index in [4.69, 9.17) is 0 Å². The molecule has 82 valence electrons. The summed E-state index contributed by atoms with van der Waals surface area (Å²) in [6.45, 7) is 2.18. The van der Waals surface area contributed by atoms with Gasteiger partial charge in [0.1, 0.15) is 5.69 Å². The molecule has 2 N–H and O–H groups in total. The van der Waals surface area contributed by atoms with Crippen LogP contribution in [0.4, 0.5) is 0 Å². The van der Waals surface area contributed by atoms with Crippen LogP contribution in [-0.4, -0.2) is 51.3 Å². The van der Waals surface area contributed by atoms with Crippen molar-refractivity contribution in [2.75, 3.05) is 13.1 Å². The summed E-state index contributed by atoms with van der Waals surface area (Å²) in [6, 6.07) is 0. The van der Waals surface area contributed by atoms with Crippen molar-refractivity contribution < 1.29 is 15.0 Å². The van der Waals surface area contributed by atoms with Gasteiger partial charge in [-0.2, -0.15) is 0 Å². The zero-order valence-corrected chi connectivity index (χ0v) is 9.07. The van der Waals surface area contributed by atoms with Crippen molar-refractivity contribution in [2.24, 2.45) is 0 Å². The van der Waals surface area contributed by atoms with Crippen molar-refractivity contribution >= 4 is 17.2 Å². The fourth-order valence-corrected chi connectivity index (χ4v) is 2.15. The molecule has 0 aliphatic carbocycles. The maximum Gasteiger partial charge on any atom is 0.273 e. The topological polar surface area (TPSA) is 73.7 Å². The molecule has 1 saturated heterocycles. The number of hydrogen-bond acceptors (Lipinski definition) is 5. The van der Waals surface area contributed by atoms with E-state index >= 15 is 0 Å². The number of aliphatic hydroxyl groups excluding tert-OH is 2. The number of β-amino-alcohol motifs (C(OH)–C–C–N with tert-alkyl or cyclic N) is 2. The zero-order chi connectivity index (χ0) is 11.0. The van der Waals surface area contributed by atoms with Crippen LogP contribution in [0.3, 0.4) is 0 Å². The van der Waals surface area contributed by atoms with Crippen molar-refractivity contribution in [3.8, 4) is 0 Å². The lowest BCUT2D eigenvalue weighted by Crippen LogP contribution is -2.30. The molecule has 5 nitrogen and oxygen atoms in total. The van der Waals surface area contributed by atoms with Gasteiger partial charge in [-0.1, -0.05) is 0 Å². The molecule has 2 unspecified atom stereocenters. The molecular formula is C9H12N2O3S. The monoisotopic (exact) mass is 228 g/mol. The number of aliphatic hydroxyl groups is 2. The second-order valence-corrected chi connectivity index (χ2v) is 4.66. The van der Waals surface area contributed by atoms with Crippen LogP contribution in [0.25, 0.3) is 0 Å². The summed E-state index contributed by atoms with van der Waals surface area (Å²) >= 11 is 1.41. The quantitative estimate of drug-likeness (QED) is 0.687. The maximum atomic E-state index is 11.8. The Morgan fingerprint density at radius 1 is 1.53 bits per heavy atom. The number of likely N-dealkylation sites (tertiary alicyclic amines) is 1. The first-order chi connectivity index (χ1) is 7.08. The highest BCUT2D eigenvalue weighted by Crippen LogP contribution is 2.15. The van der Waals surface area contributed by atoms with Crippen LogP contribution in [0, 0.1) is 6.92 Å². The summed E-state index contributed by atoms with van der Waals surface area (Å²) in [4.78, 5) is 17.3. The minimum Gasteiger partial charge on any atom is -0.388 e. The maximum absolute atomic E-state index is 11.8. The summed E-state index contributed by atoms with van der Waals surface area (Å²) in [5.74, 6) is -0.227. The molecule has 2 heterocycles. The summed E-state index contributed by atoms with van der Waals surface area (Å²) in [6.07, 6.45) is -1.68. The Morgan fingerprint density at radius 3 is 2.60 bits per heavy atom. The lowest BCUT2D eigenvalue weighted by atomic mass is 10.3. The van der Waals surface area contributed by atoms with Gasteiger partial charge in [-0.3, -0.25) is 4.79 Å². The first-order valence-electron chi connectivity index (χ1n) is 4.65. The molecule has 6 heteroatoms. The van der Waals surface area contributed by atoms with Gasteiger partial charge in [-0.25, -0.2) is 4.98 Å². The molecule has 15 heavy (non-hydrogen) atoms. The highest BCUT2D eigenvalue weighted by atomic mass is 32.1. The van der Waals surface area contributed by atoms with E-state index in [0.29, 0.717) is 5.69 Å². The average Bonchev–Trinajstić information content (AvgIpc) is 2.74. The van der Waals surface area contributed by atoms with Gasteiger partial charge in [-0.05, 0) is 6.92 Å². The van der Waals surface area contributed by atoms with Crippen molar-refractivity contribution in [3.05, 3.63) is 16.1 Å². The highest BCUT2D eigenvalue weighted by molar-refractivity contribution is 7.09. The molecule has 0 aromatic carbocycles. The fraction of sp³-hybridized carbons (Fsp3) is 0.556. The number of rotatable bonds is 1. The Hall–Kier alpha value is -0.980. The third-order valence-corrected chi connectivity index (χ3v) is 3.16. The Kier molecular flexibility index (Phi) is 2.72. The van der Waals surface area contributed by atoms with Gasteiger partial charge in [0.25, 0.3) is 5.91 Å². The van der Waals surface area contributed by atoms with Crippen LogP contribution < -0.4 is 0 Å². The Labute approximate surface area is 91.0 Å². The van der Waals surface area contributed by atoms with Gasteiger partial charge in [0.05, 0.1) is 17.2 Å². The molecule has 1 fully saturated rings. The zero-order valence-electron chi connectivity index (χ0n) is 8.25. The molecule has 0 spiro atoms. The smallest absolute Gasteiger partial charge is 0.273 e. The summed E-state index contributed by atoms with van der Waals surface area (Å²) < 4.78 is 0. The molecule has 2 rings (SSSR count). The van der Waals surface area contributed by atoms with E-state index < -0.39 is 12.2 Å². The van der Waals surface area contributed by atoms with Crippen molar-refractivity contribution in [1.82, 2.24) is 9.88 Å². The Balaban J connectivity index is 2.10. The molecule has 1 aromatic rings. The van der Waals surface area contributed by atoms with E-state index in [-0.39, 0.29) is 19.0 Å². The van der Waals surface area contributed by atoms with E-state index in [1.165, 1.54) is 16.2 Å². The molecule has 1 aromatic heterocycles. The molecule has 2 atom stereocenters. The van der Waals surface area contributed by atoms with Crippen LogP contribution in [-0.2, 0) is 0 Å². The first kappa shape index (κ1) is 10.5. The van der Waals surface area contributed by atoms with E-state index in [0.717, 1.165) is 5.01 Å². The number of aryl methyl sites for hydroxylation is 1. The first-order valence-corrected chi connectivity index (χ1v) is 5.53. The number of thiazole rings is 1. The molecular weight excluding hydrogens is 216 g/mol. The normalized spacial score (nSPS) is 25.9. The van der Waals surface area contributed by atoms with Crippen LogP contribution in [0.5, 0.6) is 0 Å². The lowest BCUT2D eigenvalue weighted by molar-refractivity contribution is 0.0572. The number of amides is 1. The minimum atomic E-state index is -0.839. The predicted molar refractivity (Wildman–Crippen MR) is 54.8 cm³/mol. The van der Waals surface area contributed by atoms with Gasteiger partial charge in [0.2, 0.25) is 0 Å². The van der Waals surface area contributed by atoms with E-state index in [2.05, 4.69) is 4.98 Å². The molecule has 1 aliphatic rings. The average molecular weight is 228 g/mol. The number of hydrogen-bond donors (Lipinski definition) is 2. The third kappa shape index (κ3) is 2.01. The van der Waals surface area contributed by atoms with Gasteiger partial charge in [0.15, 0.2) is 0 Å². The van der Waals surface area contributed by atoms with Crippen LogP contribution >= 0.6 is 11.3 Å². The molecule has 0 bridgehead atoms. The van der Waals surface area contributed by atoms with Gasteiger partial charge in [-0.15, -0.1) is 11.3 Å². The molecule has 1 amide bonds. The number of aromatic nitrogens is 1. The predicted octanol–water partition coefficient (Wildman–Crippen LogP) is -0.371. The lowest BCUT2D eigenvalue weighted by Gasteiger charge is -2.13.